The van der Waals surface area contributed by atoms with Crippen LogP contribution in [0.2, 0.25) is 0 Å². The molecule has 6 N–H and O–H groups in total. The monoisotopic (exact) mass is 442 g/mol. The van der Waals surface area contributed by atoms with Gasteiger partial charge in [0.25, 0.3) is 0 Å². The summed E-state index contributed by atoms with van der Waals surface area (Å²) in [7, 11) is 0. The van der Waals surface area contributed by atoms with Crippen LogP contribution in [0, 0.1) is 0 Å². The van der Waals surface area contributed by atoms with E-state index in [1.165, 1.54) is 12.2 Å². The van der Waals surface area contributed by atoms with Crippen LogP contribution in [0.25, 0.3) is 12.2 Å². The van der Waals surface area contributed by atoms with Crippen LogP contribution in [0.5, 0.6) is 0 Å². The standard InChI is InChI=1S/C26H34O6/c1-15(2)19-9-5-17(6-10-19)13-21(27)23(29)25(31)26(32)24(30)22(28)14-18-7-11-20(12-8-18)16(3)4/h5-16,23-32H,1-4H3/t23-,24+,25-,26-/m1/s1. The summed E-state index contributed by atoms with van der Waals surface area (Å²) >= 11 is 0. The molecule has 32 heavy (non-hydrogen) atoms. The molecule has 6 heteroatoms. The third-order valence-corrected chi connectivity index (χ3v) is 5.44. The molecule has 2 aromatic carbocycles. The van der Waals surface area contributed by atoms with Crippen molar-refractivity contribution in [1.82, 2.24) is 0 Å². The zero-order valence-corrected chi connectivity index (χ0v) is 18.9. The summed E-state index contributed by atoms with van der Waals surface area (Å²) in [5.74, 6) is -0.457. The summed E-state index contributed by atoms with van der Waals surface area (Å²) < 4.78 is 0. The van der Waals surface area contributed by atoms with Gasteiger partial charge in [-0.05, 0) is 46.2 Å². The third-order valence-electron chi connectivity index (χ3n) is 5.44. The van der Waals surface area contributed by atoms with Gasteiger partial charge in [0.05, 0.1) is 0 Å². The minimum Gasteiger partial charge on any atom is -0.509 e. The van der Waals surface area contributed by atoms with Gasteiger partial charge in [0.15, 0.2) is 0 Å². The Morgan fingerprint density at radius 2 is 0.844 bits per heavy atom. The Labute approximate surface area is 189 Å². The molecule has 0 saturated heterocycles. The van der Waals surface area contributed by atoms with E-state index in [2.05, 4.69) is 27.7 Å². The maximum absolute atomic E-state index is 10.2. The van der Waals surface area contributed by atoms with Gasteiger partial charge >= 0.3 is 0 Å². The lowest BCUT2D eigenvalue weighted by Crippen LogP contribution is -2.45. The van der Waals surface area contributed by atoms with Gasteiger partial charge in [-0.15, -0.1) is 0 Å². The largest absolute Gasteiger partial charge is 0.509 e. The molecular formula is C26H34O6. The summed E-state index contributed by atoms with van der Waals surface area (Å²) in [4.78, 5) is 0. The first-order valence-electron chi connectivity index (χ1n) is 10.7. The summed E-state index contributed by atoms with van der Waals surface area (Å²) in [5, 5.41) is 61.3. The first-order valence-corrected chi connectivity index (χ1v) is 10.7. The van der Waals surface area contributed by atoms with Crippen molar-refractivity contribution in [3.63, 3.8) is 0 Å². The lowest BCUT2D eigenvalue weighted by Gasteiger charge is -2.26. The van der Waals surface area contributed by atoms with E-state index in [1.807, 2.05) is 24.3 Å². The highest BCUT2D eigenvalue weighted by atomic mass is 16.4. The van der Waals surface area contributed by atoms with E-state index < -0.39 is 35.9 Å². The Morgan fingerprint density at radius 3 is 1.09 bits per heavy atom. The van der Waals surface area contributed by atoms with Crippen molar-refractivity contribution >= 4 is 12.2 Å². The van der Waals surface area contributed by atoms with Crippen LogP contribution < -0.4 is 0 Å². The van der Waals surface area contributed by atoms with Gasteiger partial charge in [-0.3, -0.25) is 0 Å². The van der Waals surface area contributed by atoms with Gasteiger partial charge < -0.3 is 30.6 Å². The van der Waals surface area contributed by atoms with Crippen molar-refractivity contribution in [2.75, 3.05) is 0 Å². The fourth-order valence-electron chi connectivity index (χ4n) is 3.19. The maximum Gasteiger partial charge on any atom is 0.139 e. The molecule has 0 aromatic heterocycles. The molecule has 174 valence electrons. The van der Waals surface area contributed by atoms with Gasteiger partial charge in [-0.25, -0.2) is 0 Å². The summed E-state index contributed by atoms with van der Waals surface area (Å²) in [6.45, 7) is 8.22. The molecule has 0 fully saturated rings. The number of rotatable bonds is 9. The lowest BCUT2D eigenvalue weighted by atomic mass is 9.97. The van der Waals surface area contributed by atoms with Crippen molar-refractivity contribution in [1.29, 1.82) is 0 Å². The van der Waals surface area contributed by atoms with Crippen LogP contribution in [-0.2, 0) is 0 Å². The molecule has 0 bridgehead atoms. The number of aliphatic hydroxyl groups is 6. The number of benzene rings is 2. The molecule has 0 aliphatic rings. The third kappa shape index (κ3) is 6.68. The van der Waals surface area contributed by atoms with E-state index >= 15 is 0 Å². The minimum atomic E-state index is -1.94. The zero-order chi connectivity index (χ0) is 24.0. The molecule has 0 aliphatic heterocycles. The molecule has 0 spiro atoms. The molecule has 4 atom stereocenters. The average Bonchev–Trinajstić information content (AvgIpc) is 2.77. The van der Waals surface area contributed by atoms with Crippen LogP contribution in [0.4, 0.5) is 0 Å². The Balaban J connectivity index is 2.08. The molecule has 0 heterocycles. The van der Waals surface area contributed by atoms with Crippen molar-refractivity contribution in [3.8, 4) is 0 Å². The maximum atomic E-state index is 10.2. The topological polar surface area (TPSA) is 121 Å². The van der Waals surface area contributed by atoms with Crippen LogP contribution >= 0.6 is 0 Å². The van der Waals surface area contributed by atoms with Gasteiger partial charge in [0.1, 0.15) is 35.9 Å². The summed E-state index contributed by atoms with van der Waals surface area (Å²) in [6, 6.07) is 14.6. The van der Waals surface area contributed by atoms with Crippen molar-refractivity contribution in [3.05, 3.63) is 82.3 Å². The van der Waals surface area contributed by atoms with Crippen LogP contribution in [0.3, 0.4) is 0 Å². The highest BCUT2D eigenvalue weighted by Crippen LogP contribution is 2.21. The Hall–Kier alpha value is -2.64. The molecule has 0 unspecified atom stereocenters. The summed E-state index contributed by atoms with van der Waals surface area (Å²) in [6.07, 6.45) is -5.05. The Kier molecular flexibility index (Phi) is 9.04. The molecular weight excluding hydrogens is 408 g/mol. The van der Waals surface area contributed by atoms with E-state index in [4.69, 9.17) is 0 Å². The second kappa shape index (κ2) is 11.3. The van der Waals surface area contributed by atoms with E-state index in [0.29, 0.717) is 23.0 Å². The first-order chi connectivity index (χ1) is 15.0. The number of hydrogen-bond acceptors (Lipinski definition) is 6. The molecule has 0 radical (unpaired) electrons. The first kappa shape index (κ1) is 25.6. The molecule has 0 saturated carbocycles. The summed E-state index contributed by atoms with van der Waals surface area (Å²) in [5.41, 5.74) is 3.42. The fraction of sp³-hybridized carbons (Fsp3) is 0.385. The Bertz CT molecular complexity index is 835. The minimum absolute atomic E-state index is 0.347. The van der Waals surface area contributed by atoms with E-state index in [-0.39, 0.29) is 0 Å². The van der Waals surface area contributed by atoms with Gasteiger partial charge in [0.2, 0.25) is 0 Å². The normalized spacial score (nSPS) is 16.8. The second-order valence-corrected chi connectivity index (χ2v) is 8.65. The smallest absolute Gasteiger partial charge is 0.139 e. The number of aliphatic hydroxyl groups excluding tert-OH is 6. The van der Waals surface area contributed by atoms with E-state index in [9.17, 15) is 30.6 Å². The van der Waals surface area contributed by atoms with Crippen molar-refractivity contribution in [2.45, 2.75) is 63.9 Å². The van der Waals surface area contributed by atoms with Gasteiger partial charge in [-0.1, -0.05) is 76.2 Å². The Morgan fingerprint density at radius 1 is 0.562 bits per heavy atom. The van der Waals surface area contributed by atoms with Crippen LogP contribution in [0.15, 0.2) is 60.0 Å². The fourth-order valence-corrected chi connectivity index (χ4v) is 3.19. The van der Waals surface area contributed by atoms with Crippen LogP contribution in [-0.4, -0.2) is 55.1 Å². The zero-order valence-electron chi connectivity index (χ0n) is 18.9. The van der Waals surface area contributed by atoms with E-state index in [1.54, 1.807) is 24.3 Å². The quantitative estimate of drug-likeness (QED) is 0.328. The van der Waals surface area contributed by atoms with Gasteiger partial charge in [0, 0.05) is 0 Å². The highest BCUT2D eigenvalue weighted by molar-refractivity contribution is 5.54. The van der Waals surface area contributed by atoms with Crippen molar-refractivity contribution < 1.29 is 30.6 Å². The van der Waals surface area contributed by atoms with E-state index in [0.717, 1.165) is 11.1 Å². The molecule has 2 aromatic rings. The molecule has 2 rings (SSSR count). The predicted octanol–water partition coefficient (Wildman–Crippen LogP) is 3.88. The van der Waals surface area contributed by atoms with Crippen molar-refractivity contribution in [2.24, 2.45) is 0 Å². The molecule has 6 nitrogen and oxygen atoms in total. The molecule has 0 amide bonds. The average molecular weight is 443 g/mol. The molecule has 0 aliphatic carbocycles. The predicted molar refractivity (Wildman–Crippen MR) is 126 cm³/mol. The number of hydrogen-bond donors (Lipinski definition) is 6. The second-order valence-electron chi connectivity index (χ2n) is 8.65. The SMILES string of the molecule is CC(C)c1ccc(C=C(O)[C@@H](O)[C@@H](O)[C@H](O)[C@@H](O)C(O)=Cc2ccc(C(C)C)cc2)cc1. The highest BCUT2D eigenvalue weighted by Gasteiger charge is 2.34. The van der Waals surface area contributed by atoms with Gasteiger partial charge in [-0.2, -0.15) is 0 Å². The van der Waals surface area contributed by atoms with Crippen LogP contribution in [0.1, 0.15) is 61.8 Å². The lowest BCUT2D eigenvalue weighted by molar-refractivity contribution is -0.0996.